The van der Waals surface area contributed by atoms with Gasteiger partial charge in [0.05, 0.1) is 22.3 Å². The topological polar surface area (TPSA) is 103 Å². The van der Waals surface area contributed by atoms with Crippen molar-refractivity contribution in [2.75, 3.05) is 11.1 Å². The highest BCUT2D eigenvalue weighted by Gasteiger charge is 2.17. The normalized spacial score (nSPS) is 11.3. The Labute approximate surface area is 189 Å². The number of thioether (sulfide) groups is 1. The number of anilines is 1. The minimum Gasteiger partial charge on any atom is -0.408 e. The van der Waals surface area contributed by atoms with E-state index in [1.165, 1.54) is 11.8 Å². The van der Waals surface area contributed by atoms with E-state index in [9.17, 15) is 9.59 Å². The van der Waals surface area contributed by atoms with Crippen LogP contribution in [0.15, 0.2) is 56.8 Å². The van der Waals surface area contributed by atoms with Gasteiger partial charge in [-0.2, -0.15) is 0 Å². The van der Waals surface area contributed by atoms with Crippen molar-refractivity contribution in [1.29, 1.82) is 0 Å². The van der Waals surface area contributed by atoms with Gasteiger partial charge in [-0.05, 0) is 49.2 Å². The van der Waals surface area contributed by atoms with Gasteiger partial charge < -0.3 is 4.42 Å². The van der Waals surface area contributed by atoms with E-state index in [0.29, 0.717) is 27.6 Å². The lowest BCUT2D eigenvalue weighted by atomic mass is 10.1. The molecule has 164 valence electrons. The largest absolute Gasteiger partial charge is 0.408 e. The Bertz CT molecular complexity index is 1360. The van der Waals surface area contributed by atoms with E-state index < -0.39 is 0 Å². The summed E-state index contributed by atoms with van der Waals surface area (Å²) in [5, 5.41) is 11.3. The second-order valence-electron chi connectivity index (χ2n) is 7.76. The third kappa shape index (κ3) is 4.43. The lowest BCUT2D eigenvalue weighted by molar-refractivity contribution is -0.113. The van der Waals surface area contributed by atoms with Crippen molar-refractivity contribution in [1.82, 2.24) is 19.7 Å². The fourth-order valence-corrected chi connectivity index (χ4v) is 3.92. The lowest BCUT2D eigenvalue weighted by Gasteiger charge is -2.14. The smallest absolute Gasteiger partial charge is 0.322 e. The van der Waals surface area contributed by atoms with Gasteiger partial charge in [0.25, 0.3) is 5.56 Å². The number of aryl methyl sites for hydroxylation is 2. The Morgan fingerprint density at radius 2 is 1.91 bits per heavy atom. The first-order valence-corrected chi connectivity index (χ1v) is 11.2. The Morgan fingerprint density at radius 3 is 2.62 bits per heavy atom. The summed E-state index contributed by atoms with van der Waals surface area (Å²) in [6.45, 7) is 7.86. The zero-order valence-corrected chi connectivity index (χ0v) is 19.1. The van der Waals surface area contributed by atoms with Gasteiger partial charge in [0.2, 0.25) is 11.8 Å². The summed E-state index contributed by atoms with van der Waals surface area (Å²) in [4.78, 5) is 30.5. The third-order valence-electron chi connectivity index (χ3n) is 5.01. The molecule has 0 radical (unpaired) electrons. The van der Waals surface area contributed by atoms with Crippen LogP contribution in [0.3, 0.4) is 0 Å². The number of carbonyl (C=O) groups is 1. The van der Waals surface area contributed by atoms with Crippen molar-refractivity contribution >= 4 is 34.6 Å². The molecule has 2 aromatic carbocycles. The van der Waals surface area contributed by atoms with Gasteiger partial charge in [-0.15, -0.1) is 5.10 Å². The van der Waals surface area contributed by atoms with Gasteiger partial charge >= 0.3 is 6.01 Å². The monoisotopic (exact) mass is 449 g/mol. The van der Waals surface area contributed by atoms with Gasteiger partial charge in [-0.1, -0.05) is 48.9 Å². The van der Waals surface area contributed by atoms with Crippen LogP contribution in [0.1, 0.15) is 36.8 Å². The lowest BCUT2D eigenvalue weighted by Crippen LogP contribution is -2.23. The molecule has 4 aromatic rings. The summed E-state index contributed by atoms with van der Waals surface area (Å²) >= 11 is 1.17. The van der Waals surface area contributed by atoms with Crippen LogP contribution in [0.25, 0.3) is 16.6 Å². The van der Waals surface area contributed by atoms with E-state index in [-0.39, 0.29) is 29.2 Å². The number of carbonyl (C=O) groups excluding carboxylic acids is 1. The van der Waals surface area contributed by atoms with E-state index in [1.807, 2.05) is 58.0 Å². The van der Waals surface area contributed by atoms with Crippen LogP contribution in [0.4, 0.5) is 6.01 Å². The molecule has 0 saturated heterocycles. The molecule has 0 unspecified atom stereocenters. The highest BCUT2D eigenvalue weighted by Crippen LogP contribution is 2.23. The molecule has 0 saturated carbocycles. The summed E-state index contributed by atoms with van der Waals surface area (Å²) in [5.41, 5.74) is 3.30. The molecule has 0 fully saturated rings. The number of hydrogen-bond donors (Lipinski definition) is 1. The van der Waals surface area contributed by atoms with Gasteiger partial charge in [-0.25, -0.2) is 4.98 Å². The maximum Gasteiger partial charge on any atom is 0.322 e. The molecule has 0 bridgehead atoms. The van der Waals surface area contributed by atoms with Crippen molar-refractivity contribution in [3.8, 4) is 5.69 Å². The summed E-state index contributed by atoms with van der Waals surface area (Å²) in [6.07, 6.45) is 0. The summed E-state index contributed by atoms with van der Waals surface area (Å²) < 4.78 is 6.98. The number of para-hydroxylation sites is 1. The Morgan fingerprint density at radius 1 is 1.12 bits per heavy atom. The quantitative estimate of drug-likeness (QED) is 0.347. The van der Waals surface area contributed by atoms with E-state index in [2.05, 4.69) is 20.5 Å². The number of hydrogen-bond acceptors (Lipinski definition) is 7. The first-order valence-electron chi connectivity index (χ1n) is 10.2. The summed E-state index contributed by atoms with van der Waals surface area (Å²) in [5.74, 6) is 0.210. The van der Waals surface area contributed by atoms with Crippen molar-refractivity contribution in [2.24, 2.45) is 0 Å². The molecule has 8 nitrogen and oxygen atoms in total. The second kappa shape index (κ2) is 8.96. The molecule has 2 aromatic heterocycles. The number of amides is 1. The fourth-order valence-electron chi connectivity index (χ4n) is 3.11. The number of nitrogens with zero attached hydrogens (tertiary/aromatic N) is 4. The molecule has 1 amide bonds. The molecular formula is C23H23N5O3S. The fraction of sp³-hybridized carbons (Fsp3) is 0.261. The van der Waals surface area contributed by atoms with Crippen LogP contribution in [0, 0.1) is 13.8 Å². The Kier molecular flexibility index (Phi) is 6.09. The summed E-state index contributed by atoms with van der Waals surface area (Å²) in [6, 6.07) is 13.0. The zero-order valence-electron chi connectivity index (χ0n) is 18.2. The number of aromatic nitrogens is 4. The summed E-state index contributed by atoms with van der Waals surface area (Å²) in [7, 11) is 0. The number of fused-ring (bicyclic) bond motifs is 1. The minimum atomic E-state index is -0.331. The molecule has 9 heteroatoms. The van der Waals surface area contributed by atoms with E-state index >= 15 is 0 Å². The first-order chi connectivity index (χ1) is 15.3. The van der Waals surface area contributed by atoms with E-state index in [1.54, 1.807) is 16.7 Å². The van der Waals surface area contributed by atoms with Crippen LogP contribution in [0.5, 0.6) is 0 Å². The zero-order chi connectivity index (χ0) is 22.8. The Hall–Kier alpha value is -3.46. The molecule has 0 aliphatic carbocycles. The van der Waals surface area contributed by atoms with Gasteiger partial charge in [0, 0.05) is 5.92 Å². The highest BCUT2D eigenvalue weighted by atomic mass is 32.2. The molecule has 1 N–H and O–H groups in total. The maximum absolute atomic E-state index is 13.3. The third-order valence-corrected chi connectivity index (χ3v) is 5.95. The number of rotatable bonds is 6. The molecule has 4 rings (SSSR count). The van der Waals surface area contributed by atoms with Crippen molar-refractivity contribution in [2.45, 2.75) is 38.8 Å². The Balaban J connectivity index is 1.65. The standard InChI is InChI=1S/C23H23N5O3S/c1-13(2)20-26-27-22(31-20)25-19(29)12-32-23-24-18-8-6-5-7-17(18)21(30)28(23)16-10-9-14(3)15(4)11-16/h5-11,13H,12H2,1-4H3,(H,25,27,29). The van der Waals surface area contributed by atoms with Crippen LogP contribution < -0.4 is 10.9 Å². The number of benzene rings is 2. The molecule has 2 heterocycles. The van der Waals surface area contributed by atoms with Crippen LogP contribution in [-0.4, -0.2) is 31.4 Å². The van der Waals surface area contributed by atoms with Gasteiger partial charge in [-0.3, -0.25) is 19.5 Å². The number of nitrogens with one attached hydrogen (secondary N) is 1. The van der Waals surface area contributed by atoms with Crippen molar-refractivity contribution < 1.29 is 9.21 Å². The van der Waals surface area contributed by atoms with Gasteiger partial charge in [0.1, 0.15) is 0 Å². The maximum atomic E-state index is 13.3. The van der Waals surface area contributed by atoms with E-state index in [0.717, 1.165) is 11.1 Å². The van der Waals surface area contributed by atoms with Crippen LogP contribution in [0.2, 0.25) is 0 Å². The average molecular weight is 450 g/mol. The predicted octanol–water partition coefficient (Wildman–Crippen LogP) is 4.24. The molecule has 0 atom stereocenters. The predicted molar refractivity (Wildman–Crippen MR) is 125 cm³/mol. The molecule has 32 heavy (non-hydrogen) atoms. The van der Waals surface area contributed by atoms with Gasteiger partial charge in [0.15, 0.2) is 5.16 Å². The van der Waals surface area contributed by atoms with Crippen molar-refractivity contribution in [3.63, 3.8) is 0 Å². The molecule has 0 spiro atoms. The highest BCUT2D eigenvalue weighted by molar-refractivity contribution is 7.99. The van der Waals surface area contributed by atoms with Crippen molar-refractivity contribution in [3.05, 3.63) is 69.8 Å². The molecule has 0 aliphatic rings. The average Bonchev–Trinajstić information content (AvgIpc) is 3.23. The van der Waals surface area contributed by atoms with E-state index in [4.69, 9.17) is 4.42 Å². The minimum absolute atomic E-state index is 0.0228. The SMILES string of the molecule is Cc1ccc(-n2c(SCC(=O)Nc3nnc(C(C)C)o3)nc3ccccc3c2=O)cc1C. The second-order valence-corrected chi connectivity index (χ2v) is 8.70. The molecule has 0 aliphatic heterocycles. The first kappa shape index (κ1) is 21.8. The van der Waals surface area contributed by atoms with Crippen LogP contribution in [-0.2, 0) is 4.79 Å². The van der Waals surface area contributed by atoms with Crippen LogP contribution >= 0.6 is 11.8 Å². The molecular weight excluding hydrogens is 426 g/mol.